The second-order valence-corrected chi connectivity index (χ2v) is 5.25. The van der Waals surface area contributed by atoms with Crippen molar-refractivity contribution in [3.8, 4) is 5.88 Å². The van der Waals surface area contributed by atoms with Gasteiger partial charge in [0.05, 0.1) is 24.5 Å². The Hall–Kier alpha value is -2.67. The standard InChI is InChI=1S/C15H16N6O/c1-22-15-14(18-12(8-17-15)9-6-16-7-9)19-13-10-4-2-3-5-11(10)20-21-13/h2-5,8-9,16H,6-7H2,1H3,(H2,18,19,20,21). The van der Waals surface area contributed by atoms with Crippen LogP contribution in [-0.4, -0.2) is 40.4 Å². The Morgan fingerprint density at radius 1 is 1.23 bits per heavy atom. The Bertz CT molecular complexity index is 811. The molecule has 22 heavy (non-hydrogen) atoms. The zero-order valence-electron chi connectivity index (χ0n) is 12.1. The number of anilines is 2. The minimum absolute atomic E-state index is 0.412. The summed E-state index contributed by atoms with van der Waals surface area (Å²) < 4.78 is 5.30. The predicted molar refractivity (Wildman–Crippen MR) is 83.6 cm³/mol. The molecule has 112 valence electrons. The van der Waals surface area contributed by atoms with Crippen molar-refractivity contribution in [1.82, 2.24) is 25.5 Å². The van der Waals surface area contributed by atoms with Gasteiger partial charge in [0.25, 0.3) is 5.88 Å². The highest BCUT2D eigenvalue weighted by atomic mass is 16.5. The van der Waals surface area contributed by atoms with Gasteiger partial charge in [0, 0.05) is 24.4 Å². The maximum Gasteiger partial charge on any atom is 0.257 e. The molecule has 0 saturated carbocycles. The van der Waals surface area contributed by atoms with E-state index in [2.05, 4.69) is 30.8 Å². The second kappa shape index (κ2) is 5.27. The van der Waals surface area contributed by atoms with E-state index >= 15 is 0 Å². The van der Waals surface area contributed by atoms with E-state index in [1.54, 1.807) is 13.3 Å². The lowest BCUT2D eigenvalue weighted by Crippen LogP contribution is -2.40. The zero-order valence-corrected chi connectivity index (χ0v) is 12.1. The van der Waals surface area contributed by atoms with Gasteiger partial charge in [-0.1, -0.05) is 12.1 Å². The summed E-state index contributed by atoms with van der Waals surface area (Å²) in [4.78, 5) is 9.00. The third-order valence-electron chi connectivity index (χ3n) is 3.86. The maximum absolute atomic E-state index is 5.30. The van der Waals surface area contributed by atoms with E-state index in [1.807, 2.05) is 24.3 Å². The molecule has 3 heterocycles. The van der Waals surface area contributed by atoms with Gasteiger partial charge in [-0.05, 0) is 12.1 Å². The molecule has 0 spiro atoms. The van der Waals surface area contributed by atoms with Crippen molar-refractivity contribution in [2.45, 2.75) is 5.92 Å². The summed E-state index contributed by atoms with van der Waals surface area (Å²) >= 11 is 0. The molecule has 0 amide bonds. The van der Waals surface area contributed by atoms with Gasteiger partial charge < -0.3 is 15.4 Å². The molecule has 0 radical (unpaired) electrons. The number of hydrogen-bond donors (Lipinski definition) is 3. The molecule has 7 heteroatoms. The number of methoxy groups -OCH3 is 1. The van der Waals surface area contributed by atoms with Crippen LogP contribution in [-0.2, 0) is 0 Å². The van der Waals surface area contributed by atoms with Crippen molar-refractivity contribution in [3.63, 3.8) is 0 Å². The highest BCUT2D eigenvalue weighted by Gasteiger charge is 2.22. The number of hydrogen-bond acceptors (Lipinski definition) is 6. The third kappa shape index (κ3) is 2.15. The number of benzene rings is 1. The van der Waals surface area contributed by atoms with Crippen LogP contribution in [0.5, 0.6) is 5.88 Å². The minimum atomic E-state index is 0.412. The normalized spacial score (nSPS) is 14.8. The average Bonchev–Trinajstić information content (AvgIpc) is 2.89. The van der Waals surface area contributed by atoms with E-state index < -0.39 is 0 Å². The van der Waals surface area contributed by atoms with Gasteiger partial charge in [0.15, 0.2) is 11.6 Å². The third-order valence-corrected chi connectivity index (χ3v) is 3.86. The molecule has 0 atom stereocenters. The fourth-order valence-corrected chi connectivity index (χ4v) is 2.49. The van der Waals surface area contributed by atoms with Crippen LogP contribution in [0.2, 0.25) is 0 Å². The molecular formula is C15H16N6O. The summed E-state index contributed by atoms with van der Waals surface area (Å²) in [5.41, 5.74) is 1.93. The predicted octanol–water partition coefficient (Wildman–Crippen LogP) is 1.79. The van der Waals surface area contributed by atoms with Crippen LogP contribution in [0, 0.1) is 0 Å². The molecule has 3 aromatic rings. The van der Waals surface area contributed by atoms with E-state index in [9.17, 15) is 0 Å². The fraction of sp³-hybridized carbons (Fsp3) is 0.267. The summed E-state index contributed by atoms with van der Waals surface area (Å²) in [6, 6.07) is 7.92. The second-order valence-electron chi connectivity index (χ2n) is 5.25. The summed E-state index contributed by atoms with van der Waals surface area (Å²) in [7, 11) is 1.59. The van der Waals surface area contributed by atoms with Crippen molar-refractivity contribution in [1.29, 1.82) is 0 Å². The zero-order chi connectivity index (χ0) is 14.9. The number of aromatic nitrogens is 4. The smallest absolute Gasteiger partial charge is 0.257 e. The summed E-state index contributed by atoms with van der Waals surface area (Å²) in [5, 5.41) is 14.8. The molecule has 1 fully saturated rings. The Morgan fingerprint density at radius 3 is 2.86 bits per heavy atom. The highest BCUT2D eigenvalue weighted by Crippen LogP contribution is 2.29. The van der Waals surface area contributed by atoms with Gasteiger partial charge in [0.2, 0.25) is 0 Å². The number of para-hydroxylation sites is 1. The molecule has 1 aliphatic heterocycles. The van der Waals surface area contributed by atoms with Crippen molar-refractivity contribution in [2.75, 3.05) is 25.5 Å². The molecule has 1 aliphatic rings. The first kappa shape index (κ1) is 13.0. The molecule has 0 unspecified atom stereocenters. The van der Waals surface area contributed by atoms with Crippen LogP contribution in [0.1, 0.15) is 11.6 Å². The monoisotopic (exact) mass is 296 g/mol. The fourth-order valence-electron chi connectivity index (χ4n) is 2.49. The molecule has 7 nitrogen and oxygen atoms in total. The lowest BCUT2D eigenvalue weighted by atomic mass is 10.00. The van der Waals surface area contributed by atoms with Crippen molar-refractivity contribution < 1.29 is 4.74 Å². The van der Waals surface area contributed by atoms with Crippen LogP contribution in [0.15, 0.2) is 30.5 Å². The topological polar surface area (TPSA) is 87.8 Å². The van der Waals surface area contributed by atoms with E-state index in [-0.39, 0.29) is 0 Å². The van der Waals surface area contributed by atoms with E-state index in [4.69, 9.17) is 4.74 Å². The number of fused-ring (bicyclic) bond motifs is 1. The molecular weight excluding hydrogens is 280 g/mol. The van der Waals surface area contributed by atoms with Gasteiger partial charge >= 0.3 is 0 Å². The maximum atomic E-state index is 5.30. The summed E-state index contributed by atoms with van der Waals surface area (Å²) in [6.45, 7) is 1.87. The van der Waals surface area contributed by atoms with Crippen LogP contribution in [0.4, 0.5) is 11.6 Å². The van der Waals surface area contributed by atoms with Crippen LogP contribution in [0.3, 0.4) is 0 Å². The number of ether oxygens (including phenoxy) is 1. The first-order valence-electron chi connectivity index (χ1n) is 7.17. The Labute approximate surface area is 127 Å². The first-order valence-corrected chi connectivity index (χ1v) is 7.17. The molecule has 4 rings (SSSR count). The van der Waals surface area contributed by atoms with Gasteiger partial charge in [0.1, 0.15) is 0 Å². The van der Waals surface area contributed by atoms with Gasteiger partial charge in [-0.15, -0.1) is 0 Å². The highest BCUT2D eigenvalue weighted by molar-refractivity contribution is 5.91. The van der Waals surface area contributed by atoms with Gasteiger partial charge in [-0.25, -0.2) is 9.97 Å². The summed E-state index contributed by atoms with van der Waals surface area (Å²) in [5.74, 6) is 2.18. The summed E-state index contributed by atoms with van der Waals surface area (Å²) in [6.07, 6.45) is 1.78. The van der Waals surface area contributed by atoms with Crippen molar-refractivity contribution in [3.05, 3.63) is 36.2 Å². The van der Waals surface area contributed by atoms with Crippen molar-refractivity contribution in [2.24, 2.45) is 0 Å². The van der Waals surface area contributed by atoms with E-state index in [1.165, 1.54) is 0 Å². The number of rotatable bonds is 4. The molecule has 1 aromatic carbocycles. The largest absolute Gasteiger partial charge is 0.478 e. The van der Waals surface area contributed by atoms with Crippen molar-refractivity contribution >= 4 is 22.5 Å². The number of nitrogens with zero attached hydrogens (tertiary/aromatic N) is 3. The molecule has 2 aromatic heterocycles. The number of aromatic amines is 1. The number of nitrogens with one attached hydrogen (secondary N) is 3. The van der Waals surface area contributed by atoms with E-state index in [0.29, 0.717) is 23.4 Å². The lowest BCUT2D eigenvalue weighted by Gasteiger charge is -2.26. The molecule has 0 aliphatic carbocycles. The molecule has 0 bridgehead atoms. The Kier molecular flexibility index (Phi) is 3.12. The van der Waals surface area contributed by atoms with Crippen LogP contribution in [0.25, 0.3) is 10.9 Å². The van der Waals surface area contributed by atoms with Gasteiger partial charge in [-0.2, -0.15) is 5.10 Å². The van der Waals surface area contributed by atoms with E-state index in [0.717, 1.165) is 29.7 Å². The first-order chi connectivity index (χ1) is 10.8. The minimum Gasteiger partial charge on any atom is -0.478 e. The van der Waals surface area contributed by atoms with Crippen LogP contribution >= 0.6 is 0 Å². The SMILES string of the molecule is COc1ncc(C2CNC2)nc1Nc1n[nH]c2ccccc12. The quantitative estimate of drug-likeness (QED) is 0.680. The molecule has 1 saturated heterocycles. The molecule has 3 N–H and O–H groups in total. The van der Waals surface area contributed by atoms with Gasteiger partial charge in [-0.3, -0.25) is 5.10 Å². The number of H-pyrrole nitrogens is 1. The Morgan fingerprint density at radius 2 is 2.09 bits per heavy atom. The average molecular weight is 296 g/mol. The Balaban J connectivity index is 1.71. The lowest BCUT2D eigenvalue weighted by molar-refractivity contribution is 0.393. The van der Waals surface area contributed by atoms with Crippen LogP contribution < -0.4 is 15.4 Å².